The van der Waals surface area contributed by atoms with Crippen molar-refractivity contribution in [2.45, 2.75) is 25.0 Å². The van der Waals surface area contributed by atoms with Gasteiger partial charge in [0.15, 0.2) is 0 Å². The summed E-state index contributed by atoms with van der Waals surface area (Å²) in [4.78, 5) is 19.4. The van der Waals surface area contributed by atoms with E-state index in [1.54, 1.807) is 12.5 Å². The van der Waals surface area contributed by atoms with Crippen molar-refractivity contribution in [2.75, 3.05) is 28.6 Å². The molecule has 0 radical (unpaired) electrons. The van der Waals surface area contributed by atoms with Crippen LogP contribution in [0.1, 0.15) is 22.5 Å². The van der Waals surface area contributed by atoms with Crippen molar-refractivity contribution in [1.82, 2.24) is 19.3 Å². The molecular weight excluding hydrogens is 558 g/mol. The predicted octanol–water partition coefficient (Wildman–Crippen LogP) is 6.31. The van der Waals surface area contributed by atoms with E-state index in [4.69, 9.17) is 0 Å². The van der Waals surface area contributed by atoms with Gasteiger partial charge in [-0.15, -0.1) is 11.3 Å². The Morgan fingerprint density at radius 3 is 2.40 bits per heavy atom. The van der Waals surface area contributed by atoms with Gasteiger partial charge >= 0.3 is 0 Å². The molecule has 3 aromatic heterocycles. The minimum atomic E-state index is -0.698. The molecule has 3 N–H and O–H groups in total. The van der Waals surface area contributed by atoms with E-state index in [2.05, 4.69) is 68.1 Å². The first-order valence-electron chi connectivity index (χ1n) is 14.2. The molecule has 1 amide bonds. The lowest BCUT2D eigenvalue weighted by Gasteiger charge is -2.39. The number of imidazole rings is 1. The van der Waals surface area contributed by atoms with Crippen LogP contribution in [0.5, 0.6) is 0 Å². The van der Waals surface area contributed by atoms with Gasteiger partial charge in [0.05, 0.1) is 40.8 Å². The number of piperidine rings is 1. The highest BCUT2D eigenvalue weighted by molar-refractivity contribution is 7.12. The summed E-state index contributed by atoms with van der Waals surface area (Å²) in [6.45, 7) is 2.20. The molecule has 0 aliphatic carbocycles. The number of carbonyl (C=O) groups excluding carboxylic acids is 1. The molecule has 6 aromatic rings. The zero-order valence-electron chi connectivity index (χ0n) is 23.4. The van der Waals surface area contributed by atoms with Gasteiger partial charge in [-0.2, -0.15) is 5.10 Å². The van der Waals surface area contributed by atoms with E-state index in [9.17, 15) is 9.90 Å². The Bertz CT molecular complexity index is 1820. The predicted molar refractivity (Wildman–Crippen MR) is 172 cm³/mol. The molecule has 3 aromatic carbocycles. The largest absolute Gasteiger partial charge is 0.388 e. The summed E-state index contributed by atoms with van der Waals surface area (Å²) in [5, 5.41) is 25.0. The van der Waals surface area contributed by atoms with Crippen molar-refractivity contribution >= 4 is 50.9 Å². The number of nitrogens with zero attached hydrogens (tertiary/aromatic N) is 5. The lowest BCUT2D eigenvalue weighted by atomic mass is 9.91. The quantitative estimate of drug-likeness (QED) is 0.192. The maximum atomic E-state index is 12.3. The van der Waals surface area contributed by atoms with Gasteiger partial charge in [-0.1, -0.05) is 6.07 Å². The lowest BCUT2D eigenvalue weighted by Crippen LogP contribution is -2.46. The first kappa shape index (κ1) is 26.9. The third-order valence-electron chi connectivity index (χ3n) is 7.93. The maximum Gasteiger partial charge on any atom is 0.265 e. The van der Waals surface area contributed by atoms with Crippen LogP contribution < -0.4 is 15.5 Å². The maximum absolute atomic E-state index is 12.3. The molecule has 1 saturated heterocycles. The second-order valence-electron chi connectivity index (χ2n) is 10.9. The van der Waals surface area contributed by atoms with Gasteiger partial charge in [0.25, 0.3) is 5.91 Å². The number of hydrogen-bond donors (Lipinski definition) is 3. The molecule has 1 aliphatic rings. The summed E-state index contributed by atoms with van der Waals surface area (Å²) >= 11 is 1.42. The number of rotatable bonds is 8. The smallest absolute Gasteiger partial charge is 0.265 e. The van der Waals surface area contributed by atoms with Gasteiger partial charge in [0.1, 0.15) is 0 Å². The average molecular weight is 590 g/mol. The van der Waals surface area contributed by atoms with E-state index < -0.39 is 5.60 Å². The number of carbonyl (C=O) groups is 1. The normalized spacial score (nSPS) is 14.6. The fourth-order valence-corrected chi connectivity index (χ4v) is 6.20. The van der Waals surface area contributed by atoms with Crippen LogP contribution in [0.3, 0.4) is 0 Å². The third kappa shape index (κ3) is 5.88. The fourth-order valence-electron chi connectivity index (χ4n) is 5.58. The molecule has 1 aliphatic heterocycles. The van der Waals surface area contributed by atoms with Gasteiger partial charge in [0.2, 0.25) is 0 Å². The lowest BCUT2D eigenvalue weighted by molar-refractivity contribution is -0.0000771. The molecule has 43 heavy (non-hydrogen) atoms. The number of hydrogen-bond acceptors (Lipinski definition) is 7. The second kappa shape index (κ2) is 11.4. The van der Waals surface area contributed by atoms with E-state index in [0.717, 1.165) is 65.3 Å². The molecule has 10 heteroatoms. The number of amides is 1. The average Bonchev–Trinajstić information content (AvgIpc) is 3.81. The summed E-state index contributed by atoms with van der Waals surface area (Å²) < 4.78 is 3.85. The molecule has 0 atom stereocenters. The zero-order chi connectivity index (χ0) is 29.2. The van der Waals surface area contributed by atoms with E-state index in [-0.39, 0.29) is 5.91 Å². The minimum Gasteiger partial charge on any atom is -0.388 e. The van der Waals surface area contributed by atoms with Gasteiger partial charge in [-0.25, -0.2) is 9.67 Å². The first-order chi connectivity index (χ1) is 21.0. The number of thiophene rings is 1. The Balaban J connectivity index is 0.977. The molecule has 9 nitrogen and oxygen atoms in total. The number of aromatic nitrogens is 4. The Morgan fingerprint density at radius 2 is 1.67 bits per heavy atom. The van der Waals surface area contributed by atoms with Gasteiger partial charge < -0.3 is 25.2 Å². The van der Waals surface area contributed by atoms with Crippen LogP contribution in [0, 0.1) is 0 Å². The van der Waals surface area contributed by atoms with Crippen LogP contribution in [0.2, 0.25) is 0 Å². The van der Waals surface area contributed by atoms with Crippen LogP contribution in [-0.2, 0) is 6.54 Å². The number of benzene rings is 3. The molecule has 0 bridgehead atoms. The topological polar surface area (TPSA) is 100 Å². The number of anilines is 4. The van der Waals surface area contributed by atoms with Crippen LogP contribution >= 0.6 is 11.3 Å². The standard InChI is InChI=1S/C33H31N7O2S/c41-32(31-2-1-19-43-31)37-26-5-10-29(11-6-26)40-30-12-7-27(20-24(30)21-35-40)36-25-3-8-28(9-4-25)39-16-13-33(42,14-17-39)22-38-18-15-34-23-38/h1-12,15,18-21,23,36,42H,13-14,16-17,22H2,(H,37,41). The van der Waals surface area contributed by atoms with Crippen molar-refractivity contribution < 1.29 is 9.90 Å². The zero-order valence-corrected chi connectivity index (χ0v) is 24.2. The molecular formula is C33H31N7O2S. The van der Waals surface area contributed by atoms with E-state index in [1.807, 2.05) is 63.4 Å². The molecule has 1 fully saturated rings. The first-order valence-corrected chi connectivity index (χ1v) is 15.1. The molecule has 0 spiro atoms. The van der Waals surface area contributed by atoms with E-state index >= 15 is 0 Å². The Hall–Kier alpha value is -4.93. The number of fused-ring (bicyclic) bond motifs is 1. The minimum absolute atomic E-state index is 0.108. The van der Waals surface area contributed by atoms with Crippen molar-refractivity contribution in [2.24, 2.45) is 0 Å². The highest BCUT2D eigenvalue weighted by atomic mass is 32.1. The summed E-state index contributed by atoms with van der Waals surface area (Å²) in [6, 6.07) is 26.0. The van der Waals surface area contributed by atoms with Crippen molar-refractivity contribution in [3.8, 4) is 5.69 Å². The Labute approximate surface area is 253 Å². The summed E-state index contributed by atoms with van der Waals surface area (Å²) in [7, 11) is 0. The highest BCUT2D eigenvalue weighted by Gasteiger charge is 2.32. The summed E-state index contributed by atoms with van der Waals surface area (Å²) in [5.74, 6) is -0.108. The number of aliphatic hydroxyl groups is 1. The molecule has 216 valence electrons. The Morgan fingerprint density at radius 1 is 0.930 bits per heavy atom. The van der Waals surface area contributed by atoms with Crippen molar-refractivity contribution in [3.63, 3.8) is 0 Å². The van der Waals surface area contributed by atoms with Gasteiger partial charge in [-0.3, -0.25) is 4.79 Å². The molecule has 0 saturated carbocycles. The highest BCUT2D eigenvalue weighted by Crippen LogP contribution is 2.30. The van der Waals surface area contributed by atoms with Crippen molar-refractivity contribution in [3.05, 3.63) is 114 Å². The van der Waals surface area contributed by atoms with Gasteiger partial charge in [0, 0.05) is 53.6 Å². The fraction of sp³-hybridized carbons (Fsp3) is 0.182. The van der Waals surface area contributed by atoms with Crippen LogP contribution in [0.15, 0.2) is 109 Å². The number of nitrogens with one attached hydrogen (secondary N) is 2. The van der Waals surface area contributed by atoms with Gasteiger partial charge in [-0.05, 0) is 91.0 Å². The SMILES string of the molecule is O=C(Nc1ccc(-n2ncc3cc(Nc4ccc(N5CCC(O)(Cn6ccnc6)CC5)cc4)ccc32)cc1)c1cccs1. The Kier molecular flexibility index (Phi) is 7.14. The van der Waals surface area contributed by atoms with Crippen molar-refractivity contribution in [1.29, 1.82) is 0 Å². The van der Waals surface area contributed by atoms with Crippen LogP contribution in [0.4, 0.5) is 22.7 Å². The third-order valence-corrected chi connectivity index (χ3v) is 8.80. The molecule has 4 heterocycles. The summed E-state index contributed by atoms with van der Waals surface area (Å²) in [6.07, 6.45) is 8.70. The molecule has 0 unspecified atom stereocenters. The summed E-state index contributed by atoms with van der Waals surface area (Å²) in [5.41, 5.74) is 5.09. The van der Waals surface area contributed by atoms with Crippen LogP contribution in [0.25, 0.3) is 16.6 Å². The second-order valence-corrected chi connectivity index (χ2v) is 11.9. The van der Waals surface area contributed by atoms with E-state index in [1.165, 1.54) is 11.3 Å². The van der Waals surface area contributed by atoms with E-state index in [0.29, 0.717) is 11.4 Å². The van der Waals surface area contributed by atoms with Crippen LogP contribution in [-0.4, -0.2) is 49.0 Å². The molecule has 7 rings (SSSR count). The monoisotopic (exact) mass is 589 g/mol.